The lowest BCUT2D eigenvalue weighted by molar-refractivity contribution is -0.254. The number of nitrogens with one attached hydrogen (secondary N) is 2. The molecule has 1 heterocycles. The van der Waals surface area contributed by atoms with Gasteiger partial charge < -0.3 is 38.8 Å². The van der Waals surface area contributed by atoms with Crippen LogP contribution in [0.15, 0.2) is 23.3 Å². The average molecular weight is 556 g/mol. The minimum absolute atomic E-state index is 0.0883. The number of aromatic hydroxyl groups is 1. The first-order chi connectivity index (χ1) is 17.9. The number of carbonyl (C=O) groups is 4. The second-order valence-electron chi connectivity index (χ2n) is 7.89. The van der Waals surface area contributed by atoms with Crippen molar-refractivity contribution in [2.24, 2.45) is 5.10 Å². The Bertz CT molecular complexity index is 1080. The Kier molecular flexibility index (Phi) is 11.2. The van der Waals surface area contributed by atoms with Crippen molar-refractivity contribution in [3.63, 3.8) is 0 Å². The van der Waals surface area contributed by atoms with E-state index in [2.05, 4.69) is 15.8 Å². The minimum Gasteiger partial charge on any atom is -0.504 e. The normalized spacial score (nSPS) is 22.6. The molecule has 0 bridgehead atoms. The van der Waals surface area contributed by atoms with Crippen LogP contribution in [-0.2, 0) is 42.9 Å². The first kappa shape index (κ1) is 30.2. The molecule has 1 aromatic carbocycles. The molecule has 0 spiro atoms. The molecule has 1 aliphatic heterocycles. The fourth-order valence-corrected chi connectivity index (χ4v) is 3.63. The maximum atomic E-state index is 11.9. The van der Waals surface area contributed by atoms with E-state index in [0.29, 0.717) is 5.56 Å². The number of hydrogen-bond acceptors (Lipinski definition) is 13. The lowest BCUT2D eigenvalue weighted by atomic mass is 9.97. The molecule has 15 heteroatoms. The highest BCUT2D eigenvalue weighted by Crippen LogP contribution is 2.28. The fourth-order valence-electron chi connectivity index (χ4n) is 3.46. The number of phenols is 1. The zero-order valence-electron chi connectivity index (χ0n) is 21.3. The van der Waals surface area contributed by atoms with E-state index in [1.807, 2.05) is 0 Å². The molecule has 0 aliphatic carbocycles. The van der Waals surface area contributed by atoms with Crippen molar-refractivity contribution in [3.8, 4) is 11.5 Å². The van der Waals surface area contributed by atoms with Crippen molar-refractivity contribution in [1.82, 2.24) is 10.7 Å². The van der Waals surface area contributed by atoms with Crippen LogP contribution in [0.3, 0.4) is 0 Å². The highest BCUT2D eigenvalue weighted by Gasteiger charge is 2.52. The predicted molar refractivity (Wildman–Crippen MR) is 133 cm³/mol. The molecule has 0 amide bonds. The Balaban J connectivity index is 2.27. The number of methoxy groups -OCH3 is 1. The van der Waals surface area contributed by atoms with Gasteiger partial charge in [0.05, 0.1) is 13.3 Å². The number of rotatable bonds is 9. The van der Waals surface area contributed by atoms with Crippen LogP contribution in [0.1, 0.15) is 33.3 Å². The summed E-state index contributed by atoms with van der Waals surface area (Å²) < 4.78 is 31.9. The van der Waals surface area contributed by atoms with Crippen LogP contribution in [0.25, 0.3) is 0 Å². The number of ether oxygens (including phenoxy) is 6. The summed E-state index contributed by atoms with van der Waals surface area (Å²) in [5, 5.41) is 16.5. The Labute approximate surface area is 223 Å². The highest BCUT2D eigenvalue weighted by atomic mass is 32.1. The van der Waals surface area contributed by atoms with Crippen LogP contribution in [0.4, 0.5) is 0 Å². The summed E-state index contributed by atoms with van der Waals surface area (Å²) in [6.07, 6.45) is -5.00. The monoisotopic (exact) mass is 555 g/mol. The smallest absolute Gasteiger partial charge is 0.303 e. The Morgan fingerprint density at radius 1 is 1.00 bits per heavy atom. The fraction of sp³-hybridized carbons (Fsp3) is 0.478. The van der Waals surface area contributed by atoms with Crippen LogP contribution >= 0.6 is 12.2 Å². The summed E-state index contributed by atoms with van der Waals surface area (Å²) in [7, 11) is 1.42. The van der Waals surface area contributed by atoms with Crippen LogP contribution in [0, 0.1) is 0 Å². The number of carbonyl (C=O) groups excluding carboxylic acids is 4. The molecule has 3 N–H and O–H groups in total. The summed E-state index contributed by atoms with van der Waals surface area (Å²) in [5.41, 5.74) is 3.06. The molecule has 0 unspecified atom stereocenters. The molecule has 14 nitrogen and oxygen atoms in total. The first-order valence-electron chi connectivity index (χ1n) is 11.2. The number of esters is 4. The lowest BCUT2D eigenvalue weighted by Crippen LogP contribution is -2.66. The second kappa shape index (κ2) is 14.1. The van der Waals surface area contributed by atoms with E-state index in [9.17, 15) is 24.3 Å². The van der Waals surface area contributed by atoms with Gasteiger partial charge in [-0.05, 0) is 36.0 Å². The molecule has 208 valence electrons. The molecular weight excluding hydrogens is 526 g/mol. The van der Waals surface area contributed by atoms with E-state index in [1.54, 1.807) is 12.1 Å². The van der Waals surface area contributed by atoms with Crippen molar-refractivity contribution in [3.05, 3.63) is 23.8 Å². The van der Waals surface area contributed by atoms with E-state index in [-0.39, 0.29) is 23.2 Å². The maximum Gasteiger partial charge on any atom is 0.303 e. The molecule has 0 radical (unpaired) electrons. The van der Waals surface area contributed by atoms with E-state index >= 15 is 0 Å². The van der Waals surface area contributed by atoms with E-state index in [0.717, 1.165) is 20.8 Å². The molecule has 38 heavy (non-hydrogen) atoms. The third-order valence-electron chi connectivity index (χ3n) is 4.85. The van der Waals surface area contributed by atoms with Crippen LogP contribution in [-0.4, -0.2) is 84.7 Å². The van der Waals surface area contributed by atoms with Crippen molar-refractivity contribution in [2.45, 2.75) is 58.3 Å². The topological polar surface area (TPSA) is 180 Å². The van der Waals surface area contributed by atoms with E-state index < -0.39 is 54.5 Å². The van der Waals surface area contributed by atoms with Crippen LogP contribution in [0.5, 0.6) is 11.5 Å². The molecule has 1 fully saturated rings. The largest absolute Gasteiger partial charge is 0.504 e. The van der Waals surface area contributed by atoms with Gasteiger partial charge in [0.25, 0.3) is 0 Å². The van der Waals surface area contributed by atoms with Gasteiger partial charge in [0, 0.05) is 27.7 Å². The third kappa shape index (κ3) is 9.15. The number of benzene rings is 1. The number of thiocarbonyl (C=S) groups is 1. The average Bonchev–Trinajstić information content (AvgIpc) is 2.81. The van der Waals surface area contributed by atoms with Gasteiger partial charge in [0.2, 0.25) is 0 Å². The van der Waals surface area contributed by atoms with Gasteiger partial charge in [0.15, 0.2) is 41.2 Å². The minimum atomic E-state index is -1.35. The Morgan fingerprint density at radius 2 is 1.61 bits per heavy atom. The maximum absolute atomic E-state index is 11.9. The molecule has 2 rings (SSSR count). The number of nitrogens with zero attached hydrogens (tertiary/aromatic N) is 1. The standard InChI is InChI=1S/C23H29N3O11S/c1-11(27)33-10-18-19(34-12(2)28)20(35-13(3)29)21(36-14(4)30)22(37-18)25-23(38)26-24-9-15-6-7-17(32-5)16(31)8-15/h6-9,18-22,31H,10H2,1-5H3,(H2,25,26,38)/b24-9+/t18-,19+,20+,21-,22-/m1/s1. The van der Waals surface area contributed by atoms with Crippen molar-refractivity contribution in [1.29, 1.82) is 0 Å². The van der Waals surface area contributed by atoms with Crippen LogP contribution in [0.2, 0.25) is 0 Å². The molecule has 0 saturated carbocycles. The number of hydrazone groups is 1. The first-order valence-corrected chi connectivity index (χ1v) is 11.6. The van der Waals surface area contributed by atoms with Gasteiger partial charge in [-0.2, -0.15) is 5.10 Å². The van der Waals surface area contributed by atoms with Crippen molar-refractivity contribution in [2.75, 3.05) is 13.7 Å². The van der Waals surface area contributed by atoms with Gasteiger partial charge in [-0.25, -0.2) is 0 Å². The van der Waals surface area contributed by atoms with E-state index in [1.165, 1.54) is 26.3 Å². The van der Waals surface area contributed by atoms with Gasteiger partial charge >= 0.3 is 23.9 Å². The van der Waals surface area contributed by atoms with Crippen LogP contribution < -0.4 is 15.5 Å². The van der Waals surface area contributed by atoms with E-state index in [4.69, 9.17) is 40.6 Å². The zero-order chi connectivity index (χ0) is 28.4. The summed E-state index contributed by atoms with van der Waals surface area (Å²) in [4.78, 5) is 47.0. The molecule has 1 saturated heterocycles. The van der Waals surface area contributed by atoms with Crippen molar-refractivity contribution < 1.29 is 52.7 Å². The predicted octanol–water partition coefficient (Wildman–Crippen LogP) is 0.282. The SMILES string of the molecule is COc1ccc(/C=N/NC(=S)N[C@@H]2O[C@H](COC(C)=O)[C@H](OC(C)=O)[C@H](OC(C)=O)[C@H]2OC(C)=O)cc1O. The summed E-state index contributed by atoms with van der Waals surface area (Å²) >= 11 is 5.25. The second-order valence-corrected chi connectivity index (χ2v) is 8.30. The van der Waals surface area contributed by atoms with Gasteiger partial charge in [-0.15, -0.1) is 0 Å². The number of hydrogen-bond donors (Lipinski definition) is 3. The Morgan fingerprint density at radius 3 is 2.16 bits per heavy atom. The molecule has 0 aromatic heterocycles. The molecule has 5 atom stereocenters. The van der Waals surface area contributed by atoms with Gasteiger partial charge in [-0.1, -0.05) is 0 Å². The molecular formula is C23H29N3O11S. The third-order valence-corrected chi connectivity index (χ3v) is 5.06. The highest BCUT2D eigenvalue weighted by molar-refractivity contribution is 7.80. The quantitative estimate of drug-likeness (QED) is 0.124. The summed E-state index contributed by atoms with van der Waals surface area (Å²) in [5.74, 6) is -2.69. The Hall–Kier alpha value is -3.98. The number of phenolic OH excluding ortho intramolecular Hbond substituents is 1. The van der Waals surface area contributed by atoms with Gasteiger partial charge in [-0.3, -0.25) is 24.6 Å². The zero-order valence-corrected chi connectivity index (χ0v) is 22.1. The molecule has 1 aromatic rings. The van der Waals surface area contributed by atoms with Crippen molar-refractivity contribution >= 4 is 47.4 Å². The summed E-state index contributed by atoms with van der Waals surface area (Å²) in [6.45, 7) is 4.16. The molecule has 1 aliphatic rings. The van der Waals surface area contributed by atoms with Gasteiger partial charge in [0.1, 0.15) is 12.7 Å². The lowest BCUT2D eigenvalue weighted by Gasteiger charge is -2.44. The summed E-state index contributed by atoms with van der Waals surface area (Å²) in [6, 6.07) is 4.60.